The number of nitrogen functional groups attached to an aromatic ring is 1. The van der Waals surface area contributed by atoms with Crippen LogP contribution in [0.3, 0.4) is 0 Å². The largest absolute Gasteiger partial charge is 0.397 e. The fourth-order valence-corrected chi connectivity index (χ4v) is 1.95. The highest BCUT2D eigenvalue weighted by molar-refractivity contribution is 9.10. The minimum Gasteiger partial charge on any atom is -0.397 e. The second-order valence-electron chi connectivity index (χ2n) is 3.48. The Hall–Kier alpha value is -1.26. The number of anilines is 3. The highest BCUT2D eigenvalue weighted by atomic mass is 79.9. The number of hydrogen-bond acceptors (Lipinski definition) is 2. The molecule has 0 aliphatic heterocycles. The van der Waals surface area contributed by atoms with Gasteiger partial charge < -0.3 is 11.1 Å². The zero-order valence-electron chi connectivity index (χ0n) is 8.68. The Morgan fingerprint density at radius 1 is 1.12 bits per heavy atom. The molecule has 2 aromatic rings. The van der Waals surface area contributed by atoms with Crippen LogP contribution in [0, 0.1) is 5.82 Å². The first kappa shape index (κ1) is 12.2. The van der Waals surface area contributed by atoms with E-state index in [4.69, 9.17) is 17.3 Å². The van der Waals surface area contributed by atoms with Gasteiger partial charge in [0.25, 0.3) is 0 Å². The average molecular weight is 316 g/mol. The third-order valence-corrected chi connectivity index (χ3v) is 3.02. The first-order valence-corrected chi connectivity index (χ1v) is 6.00. The van der Waals surface area contributed by atoms with Crippen LogP contribution in [-0.2, 0) is 0 Å². The highest BCUT2D eigenvalue weighted by Gasteiger charge is 2.05. The number of hydrogen-bond donors (Lipinski definition) is 2. The van der Waals surface area contributed by atoms with Gasteiger partial charge in [-0.1, -0.05) is 27.5 Å². The van der Waals surface area contributed by atoms with Crippen molar-refractivity contribution in [2.45, 2.75) is 0 Å². The topological polar surface area (TPSA) is 38.0 Å². The maximum absolute atomic E-state index is 12.9. The van der Waals surface area contributed by atoms with Crippen molar-refractivity contribution in [2.75, 3.05) is 11.1 Å². The second-order valence-corrected chi connectivity index (χ2v) is 4.80. The molecular weight excluding hydrogens is 307 g/mol. The van der Waals surface area contributed by atoms with Crippen LogP contribution in [0.1, 0.15) is 0 Å². The smallest absolute Gasteiger partial charge is 0.124 e. The monoisotopic (exact) mass is 314 g/mol. The van der Waals surface area contributed by atoms with E-state index in [-0.39, 0.29) is 5.82 Å². The van der Waals surface area contributed by atoms with E-state index in [1.54, 1.807) is 12.1 Å². The first-order chi connectivity index (χ1) is 8.06. The van der Waals surface area contributed by atoms with E-state index >= 15 is 0 Å². The lowest BCUT2D eigenvalue weighted by atomic mass is 10.2. The number of rotatable bonds is 2. The maximum atomic E-state index is 12.9. The van der Waals surface area contributed by atoms with Gasteiger partial charge in [0.2, 0.25) is 0 Å². The third kappa shape index (κ3) is 2.90. The lowest BCUT2D eigenvalue weighted by Gasteiger charge is -2.11. The Morgan fingerprint density at radius 2 is 1.88 bits per heavy atom. The van der Waals surface area contributed by atoms with Gasteiger partial charge in [0.05, 0.1) is 22.1 Å². The average Bonchev–Trinajstić information content (AvgIpc) is 2.27. The van der Waals surface area contributed by atoms with Gasteiger partial charge >= 0.3 is 0 Å². The van der Waals surface area contributed by atoms with E-state index in [2.05, 4.69) is 21.2 Å². The second kappa shape index (κ2) is 4.94. The van der Waals surface area contributed by atoms with E-state index < -0.39 is 0 Å². The molecule has 0 radical (unpaired) electrons. The highest BCUT2D eigenvalue weighted by Crippen LogP contribution is 2.30. The molecule has 0 unspecified atom stereocenters. The number of nitrogens with two attached hydrogens (primary N) is 1. The molecule has 88 valence electrons. The van der Waals surface area contributed by atoms with Gasteiger partial charge in [0, 0.05) is 4.47 Å². The normalized spacial score (nSPS) is 10.3. The van der Waals surface area contributed by atoms with Gasteiger partial charge in [-0.25, -0.2) is 4.39 Å². The molecule has 0 saturated carbocycles. The lowest BCUT2D eigenvalue weighted by molar-refractivity contribution is 0.628. The van der Waals surface area contributed by atoms with E-state index in [0.717, 1.165) is 4.47 Å². The van der Waals surface area contributed by atoms with Gasteiger partial charge in [-0.05, 0) is 36.4 Å². The number of halogens is 3. The van der Waals surface area contributed by atoms with E-state index in [1.165, 1.54) is 12.1 Å². The third-order valence-electron chi connectivity index (χ3n) is 2.22. The predicted molar refractivity (Wildman–Crippen MR) is 73.2 cm³/mol. The molecule has 2 aromatic carbocycles. The van der Waals surface area contributed by atoms with Gasteiger partial charge in [-0.2, -0.15) is 0 Å². The number of nitrogens with one attached hydrogen (secondary N) is 1. The standard InChI is InChI=1S/C12H9BrClFN2/c13-7-1-3-10(16)12(5-7)17-11-4-2-8(15)6-9(11)14/h1-6,17H,16H2. The molecule has 2 rings (SSSR count). The van der Waals surface area contributed by atoms with Crippen LogP contribution >= 0.6 is 27.5 Å². The summed E-state index contributed by atoms with van der Waals surface area (Å²) < 4.78 is 13.8. The summed E-state index contributed by atoms with van der Waals surface area (Å²) >= 11 is 9.27. The Balaban J connectivity index is 2.34. The van der Waals surface area contributed by atoms with Gasteiger partial charge in [-0.3, -0.25) is 0 Å². The van der Waals surface area contributed by atoms with Crippen molar-refractivity contribution in [1.29, 1.82) is 0 Å². The summed E-state index contributed by atoms with van der Waals surface area (Å²) in [5, 5.41) is 3.36. The molecule has 0 fully saturated rings. The Labute approximate surface area is 112 Å². The molecule has 0 aromatic heterocycles. The van der Waals surface area contributed by atoms with Crippen molar-refractivity contribution >= 4 is 44.6 Å². The Kier molecular flexibility index (Phi) is 3.54. The van der Waals surface area contributed by atoms with Crippen LogP contribution in [0.2, 0.25) is 5.02 Å². The fourth-order valence-electron chi connectivity index (χ4n) is 1.37. The molecule has 0 bridgehead atoms. The van der Waals surface area contributed by atoms with Gasteiger partial charge in [0.15, 0.2) is 0 Å². The molecule has 2 nitrogen and oxygen atoms in total. The molecular formula is C12H9BrClFN2. The molecule has 5 heteroatoms. The van der Waals surface area contributed by atoms with E-state index in [9.17, 15) is 4.39 Å². The molecule has 0 heterocycles. The summed E-state index contributed by atoms with van der Waals surface area (Å²) in [5.74, 6) is -0.372. The molecule has 0 aliphatic carbocycles. The van der Waals surface area contributed by atoms with Gasteiger partial charge in [-0.15, -0.1) is 0 Å². The zero-order valence-corrected chi connectivity index (χ0v) is 11.0. The molecule has 0 atom stereocenters. The van der Waals surface area contributed by atoms with Crippen molar-refractivity contribution in [2.24, 2.45) is 0 Å². The molecule has 0 aliphatic rings. The van der Waals surface area contributed by atoms with Crippen molar-refractivity contribution in [3.63, 3.8) is 0 Å². The van der Waals surface area contributed by atoms with Crippen LogP contribution in [0.4, 0.5) is 21.5 Å². The van der Waals surface area contributed by atoms with Crippen LogP contribution in [-0.4, -0.2) is 0 Å². The molecule has 0 spiro atoms. The van der Waals surface area contributed by atoms with Crippen LogP contribution < -0.4 is 11.1 Å². The van der Waals surface area contributed by atoms with Crippen molar-refractivity contribution in [3.05, 3.63) is 51.7 Å². The lowest BCUT2D eigenvalue weighted by Crippen LogP contribution is -1.97. The molecule has 17 heavy (non-hydrogen) atoms. The summed E-state index contributed by atoms with van der Waals surface area (Å²) in [5.41, 5.74) is 7.73. The Morgan fingerprint density at radius 3 is 2.59 bits per heavy atom. The SMILES string of the molecule is Nc1ccc(Br)cc1Nc1ccc(F)cc1Cl. The summed E-state index contributed by atoms with van der Waals surface area (Å²) in [7, 11) is 0. The van der Waals surface area contributed by atoms with Crippen LogP contribution in [0.5, 0.6) is 0 Å². The maximum Gasteiger partial charge on any atom is 0.124 e. The first-order valence-electron chi connectivity index (χ1n) is 4.83. The van der Waals surface area contributed by atoms with E-state index in [1.807, 2.05) is 12.1 Å². The quantitative estimate of drug-likeness (QED) is 0.797. The minimum absolute atomic E-state index is 0.310. The van der Waals surface area contributed by atoms with Crippen LogP contribution in [0.15, 0.2) is 40.9 Å². The summed E-state index contributed by atoms with van der Waals surface area (Å²) in [6, 6.07) is 9.59. The summed E-state index contributed by atoms with van der Waals surface area (Å²) in [6.07, 6.45) is 0. The van der Waals surface area contributed by atoms with Gasteiger partial charge in [0.1, 0.15) is 5.82 Å². The minimum atomic E-state index is -0.372. The summed E-state index contributed by atoms with van der Waals surface area (Å²) in [6.45, 7) is 0. The molecule has 0 amide bonds. The fraction of sp³-hybridized carbons (Fsp3) is 0. The van der Waals surface area contributed by atoms with Crippen LogP contribution in [0.25, 0.3) is 0 Å². The predicted octanol–water partition coefficient (Wildman–Crippen LogP) is 4.57. The molecule has 3 N–H and O–H groups in total. The van der Waals surface area contributed by atoms with E-state index in [0.29, 0.717) is 22.1 Å². The van der Waals surface area contributed by atoms with Crippen molar-refractivity contribution in [3.8, 4) is 0 Å². The Bertz CT molecular complexity index is 560. The van der Waals surface area contributed by atoms with Crippen molar-refractivity contribution in [1.82, 2.24) is 0 Å². The molecule has 0 saturated heterocycles. The number of benzene rings is 2. The zero-order chi connectivity index (χ0) is 12.4. The van der Waals surface area contributed by atoms with Crippen molar-refractivity contribution < 1.29 is 4.39 Å². The summed E-state index contributed by atoms with van der Waals surface area (Å²) in [4.78, 5) is 0.